The zero-order valence-electron chi connectivity index (χ0n) is 19.0. The van der Waals surface area contributed by atoms with Crippen LogP contribution in [0.3, 0.4) is 0 Å². The average Bonchev–Trinajstić information content (AvgIpc) is 3.33. The Labute approximate surface area is 185 Å². The van der Waals surface area contributed by atoms with Gasteiger partial charge in [0.2, 0.25) is 0 Å². The fraction of sp³-hybridized carbons (Fsp3) is 0.667. The summed E-state index contributed by atoms with van der Waals surface area (Å²) in [5, 5.41) is 0. The molecule has 1 aromatic carbocycles. The molecule has 1 atom stereocenters. The molecule has 0 aromatic heterocycles. The van der Waals surface area contributed by atoms with Crippen LogP contribution in [0, 0.1) is 0 Å². The first-order chi connectivity index (χ1) is 15.1. The van der Waals surface area contributed by atoms with Gasteiger partial charge in [0, 0.05) is 56.6 Å². The number of likely N-dealkylation sites (N-methyl/N-ethyl adjacent to an activating group) is 1. The number of hydrogen-bond acceptors (Lipinski definition) is 6. The maximum Gasteiger partial charge on any atom is 0.323 e. The summed E-state index contributed by atoms with van der Waals surface area (Å²) in [7, 11) is 1.49. The fourth-order valence-corrected chi connectivity index (χ4v) is 5.34. The van der Waals surface area contributed by atoms with Gasteiger partial charge in [-0.05, 0) is 63.0 Å². The minimum atomic E-state index is -0.0868. The van der Waals surface area contributed by atoms with E-state index in [2.05, 4.69) is 33.8 Å². The van der Waals surface area contributed by atoms with Gasteiger partial charge in [-0.2, -0.15) is 0 Å². The van der Waals surface area contributed by atoms with Gasteiger partial charge < -0.3 is 19.4 Å². The first-order valence-electron chi connectivity index (χ1n) is 11.8. The van der Waals surface area contributed by atoms with Crippen molar-refractivity contribution >= 4 is 17.6 Å². The molecule has 3 heterocycles. The third-order valence-electron chi connectivity index (χ3n) is 7.29. The molecule has 3 saturated heterocycles. The van der Waals surface area contributed by atoms with E-state index in [4.69, 9.17) is 4.74 Å². The molecule has 0 aliphatic carbocycles. The quantitative estimate of drug-likeness (QED) is 0.670. The number of esters is 1. The smallest absolute Gasteiger partial charge is 0.323 e. The lowest BCUT2D eigenvalue weighted by Crippen LogP contribution is -2.49. The van der Waals surface area contributed by atoms with Crippen molar-refractivity contribution in [2.24, 2.45) is 0 Å². The highest BCUT2D eigenvalue weighted by Gasteiger charge is 2.37. The lowest BCUT2D eigenvalue weighted by molar-refractivity contribution is -0.146. The second-order valence-corrected chi connectivity index (χ2v) is 8.91. The molecule has 7 nitrogen and oxygen atoms in total. The van der Waals surface area contributed by atoms with Gasteiger partial charge in [-0.1, -0.05) is 6.92 Å². The second-order valence-electron chi connectivity index (χ2n) is 8.91. The van der Waals surface area contributed by atoms with E-state index in [0.29, 0.717) is 6.04 Å². The highest BCUT2D eigenvalue weighted by molar-refractivity contribution is 5.94. The van der Waals surface area contributed by atoms with Gasteiger partial charge in [0.15, 0.2) is 0 Å². The summed E-state index contributed by atoms with van der Waals surface area (Å²) in [6.07, 6.45) is 4.09. The first kappa shape index (κ1) is 22.1. The van der Waals surface area contributed by atoms with E-state index in [1.54, 1.807) is 0 Å². The van der Waals surface area contributed by atoms with Gasteiger partial charge in [-0.25, -0.2) is 0 Å². The molecule has 0 N–H and O–H groups in total. The van der Waals surface area contributed by atoms with Crippen LogP contribution >= 0.6 is 0 Å². The molecule has 31 heavy (non-hydrogen) atoms. The Morgan fingerprint density at radius 2 is 1.61 bits per heavy atom. The van der Waals surface area contributed by atoms with Crippen LogP contribution in [0.5, 0.6) is 0 Å². The molecule has 0 saturated carbocycles. The number of piperazine rings is 1. The number of likely N-dealkylation sites (tertiary alicyclic amines) is 1. The van der Waals surface area contributed by atoms with Crippen molar-refractivity contribution < 1.29 is 14.3 Å². The zero-order chi connectivity index (χ0) is 21.8. The molecule has 1 amide bonds. The standard InChI is InChI=1S/C24H36N4O3/c1-3-25-15-17-27(18-16-25)23(29)19-6-8-20(9-7-19)26-13-10-21(11-14-26)28-12-4-5-22(28)24(30)31-2/h6-9,21-22H,3-5,10-18H2,1-2H3/t22-/m0/s1. The van der Waals surface area contributed by atoms with Crippen molar-refractivity contribution in [1.82, 2.24) is 14.7 Å². The van der Waals surface area contributed by atoms with Crippen molar-refractivity contribution in [1.29, 1.82) is 0 Å². The Morgan fingerprint density at radius 3 is 2.23 bits per heavy atom. The molecule has 1 aromatic rings. The number of amides is 1. The van der Waals surface area contributed by atoms with Crippen molar-refractivity contribution in [3.63, 3.8) is 0 Å². The summed E-state index contributed by atoms with van der Waals surface area (Å²) in [5.74, 6) is 0.0557. The monoisotopic (exact) mass is 428 g/mol. The second kappa shape index (κ2) is 10.0. The highest BCUT2D eigenvalue weighted by Crippen LogP contribution is 2.29. The molecule has 4 rings (SSSR count). The summed E-state index contributed by atoms with van der Waals surface area (Å²) in [6, 6.07) is 8.51. The van der Waals surface area contributed by atoms with Crippen LogP contribution in [0.15, 0.2) is 24.3 Å². The molecular weight excluding hydrogens is 392 g/mol. The highest BCUT2D eigenvalue weighted by atomic mass is 16.5. The number of rotatable bonds is 5. The van der Waals surface area contributed by atoms with Crippen LogP contribution in [0.1, 0.15) is 43.0 Å². The molecule has 0 radical (unpaired) electrons. The van der Waals surface area contributed by atoms with E-state index in [1.165, 1.54) is 12.8 Å². The van der Waals surface area contributed by atoms with E-state index >= 15 is 0 Å². The number of benzene rings is 1. The van der Waals surface area contributed by atoms with Crippen LogP contribution in [0.25, 0.3) is 0 Å². The molecule has 0 unspecified atom stereocenters. The van der Waals surface area contributed by atoms with Crippen molar-refractivity contribution in [2.75, 3.05) is 64.4 Å². The Bertz CT molecular complexity index is 753. The molecule has 0 bridgehead atoms. The molecule has 3 aliphatic heterocycles. The van der Waals surface area contributed by atoms with E-state index in [1.807, 2.05) is 17.0 Å². The van der Waals surface area contributed by atoms with Crippen molar-refractivity contribution in [3.8, 4) is 0 Å². The first-order valence-corrected chi connectivity index (χ1v) is 11.8. The third-order valence-corrected chi connectivity index (χ3v) is 7.29. The van der Waals surface area contributed by atoms with Crippen LogP contribution < -0.4 is 4.90 Å². The molecular formula is C24H36N4O3. The van der Waals surface area contributed by atoms with Gasteiger partial charge in [0.1, 0.15) is 6.04 Å². The number of methoxy groups -OCH3 is 1. The molecule has 3 fully saturated rings. The van der Waals surface area contributed by atoms with E-state index in [-0.39, 0.29) is 17.9 Å². The average molecular weight is 429 g/mol. The molecule has 3 aliphatic rings. The largest absolute Gasteiger partial charge is 0.468 e. The number of anilines is 1. The number of carbonyl (C=O) groups is 2. The van der Waals surface area contributed by atoms with Gasteiger partial charge in [-0.15, -0.1) is 0 Å². The maximum atomic E-state index is 12.8. The summed E-state index contributed by atoms with van der Waals surface area (Å²) < 4.78 is 5.01. The lowest BCUT2D eigenvalue weighted by Gasteiger charge is -2.39. The normalized spacial score (nSPS) is 23.9. The predicted molar refractivity (Wildman–Crippen MR) is 121 cm³/mol. The number of carbonyl (C=O) groups excluding carboxylic acids is 2. The van der Waals surface area contributed by atoms with Gasteiger partial charge in [-0.3, -0.25) is 14.5 Å². The van der Waals surface area contributed by atoms with Crippen LogP contribution in [0.2, 0.25) is 0 Å². The zero-order valence-corrected chi connectivity index (χ0v) is 19.0. The van der Waals surface area contributed by atoms with Crippen LogP contribution in [0.4, 0.5) is 5.69 Å². The number of hydrogen-bond donors (Lipinski definition) is 0. The predicted octanol–water partition coefficient (Wildman–Crippen LogP) is 2.07. The van der Waals surface area contributed by atoms with Gasteiger partial charge in [0.25, 0.3) is 5.91 Å². The number of piperidine rings is 1. The summed E-state index contributed by atoms with van der Waals surface area (Å²) in [6.45, 7) is 9.70. The van der Waals surface area contributed by atoms with Gasteiger partial charge >= 0.3 is 5.97 Å². The van der Waals surface area contributed by atoms with Crippen LogP contribution in [-0.2, 0) is 9.53 Å². The van der Waals surface area contributed by atoms with Gasteiger partial charge in [0.05, 0.1) is 7.11 Å². The summed E-state index contributed by atoms with van der Waals surface area (Å²) >= 11 is 0. The molecule has 7 heteroatoms. The number of ether oxygens (including phenoxy) is 1. The fourth-order valence-electron chi connectivity index (χ4n) is 5.34. The molecule has 170 valence electrons. The third kappa shape index (κ3) is 4.88. The van der Waals surface area contributed by atoms with E-state index in [9.17, 15) is 9.59 Å². The Hall–Kier alpha value is -2.12. The van der Waals surface area contributed by atoms with Crippen molar-refractivity contribution in [2.45, 2.75) is 44.7 Å². The minimum Gasteiger partial charge on any atom is -0.468 e. The van der Waals surface area contributed by atoms with Crippen LogP contribution in [-0.4, -0.2) is 98.1 Å². The summed E-state index contributed by atoms with van der Waals surface area (Å²) in [5.41, 5.74) is 1.96. The minimum absolute atomic E-state index is 0.0639. The number of nitrogens with zero attached hydrogens (tertiary/aromatic N) is 4. The van der Waals surface area contributed by atoms with E-state index in [0.717, 1.165) is 83.6 Å². The summed E-state index contributed by atoms with van der Waals surface area (Å²) in [4.78, 5) is 34.0. The van der Waals surface area contributed by atoms with E-state index < -0.39 is 0 Å². The SMILES string of the molecule is CCN1CCN(C(=O)c2ccc(N3CCC(N4CCC[C@H]4C(=O)OC)CC3)cc2)CC1. The molecule has 0 spiro atoms. The Balaban J connectivity index is 1.30. The lowest BCUT2D eigenvalue weighted by atomic mass is 10.0. The Kier molecular flexibility index (Phi) is 7.13. The van der Waals surface area contributed by atoms with Crippen molar-refractivity contribution in [3.05, 3.63) is 29.8 Å². The maximum absolute atomic E-state index is 12.8. The topological polar surface area (TPSA) is 56.3 Å². The Morgan fingerprint density at radius 1 is 0.935 bits per heavy atom.